The molecule has 4 nitrogen and oxygen atoms in total. The molecule has 3 rings (SSSR count). The van der Waals surface area contributed by atoms with Gasteiger partial charge in [0.05, 0.1) is 12.6 Å². The average Bonchev–Trinajstić information content (AvgIpc) is 2.68. The summed E-state index contributed by atoms with van der Waals surface area (Å²) in [5, 5.41) is 6.27. The molecule has 0 spiro atoms. The Morgan fingerprint density at radius 2 is 1.96 bits per heavy atom. The van der Waals surface area contributed by atoms with Crippen LogP contribution in [0.3, 0.4) is 0 Å². The first kappa shape index (κ1) is 18.9. The van der Waals surface area contributed by atoms with Gasteiger partial charge in [0.2, 0.25) is 5.91 Å². The maximum Gasteiger partial charge on any atom is 0.244 e. The second-order valence-electron chi connectivity index (χ2n) is 5.89. The molecule has 0 fully saturated rings. The first-order valence-electron chi connectivity index (χ1n) is 8.49. The van der Waals surface area contributed by atoms with Crippen LogP contribution in [0.1, 0.15) is 11.1 Å². The second-order valence-corrected chi connectivity index (χ2v) is 6.81. The van der Waals surface area contributed by atoms with Gasteiger partial charge in [-0.05, 0) is 34.5 Å². The number of nitrogens with zero attached hydrogens (tertiary/aromatic N) is 1. The summed E-state index contributed by atoms with van der Waals surface area (Å²) in [6, 6.07) is 19.6. The van der Waals surface area contributed by atoms with E-state index in [0.717, 1.165) is 26.4 Å². The SMILES string of the molecule is C=CCOc1ccc(Br)cc1/C=N\NC(=O)Cc1cccc2ccccc12. The molecule has 27 heavy (non-hydrogen) atoms. The molecule has 0 aromatic heterocycles. The number of carbonyl (C=O) groups excluding carboxylic acids is 1. The molecule has 136 valence electrons. The number of rotatable bonds is 7. The maximum atomic E-state index is 12.3. The van der Waals surface area contributed by atoms with Gasteiger partial charge in [-0.2, -0.15) is 5.10 Å². The van der Waals surface area contributed by atoms with Crippen LogP contribution in [-0.2, 0) is 11.2 Å². The van der Waals surface area contributed by atoms with Crippen molar-refractivity contribution in [2.75, 3.05) is 6.61 Å². The molecular formula is C22H19BrN2O2. The van der Waals surface area contributed by atoms with E-state index in [1.54, 1.807) is 12.3 Å². The number of halogens is 1. The Hall–Kier alpha value is -2.92. The van der Waals surface area contributed by atoms with Crippen LogP contribution in [0, 0.1) is 0 Å². The van der Waals surface area contributed by atoms with Gasteiger partial charge in [0, 0.05) is 10.0 Å². The standard InChI is InChI=1S/C22H19BrN2O2/c1-2-12-27-21-11-10-19(23)13-18(21)15-24-25-22(26)14-17-8-5-7-16-6-3-4-9-20(16)17/h2-11,13,15H,1,12,14H2,(H,25,26)/b24-15-. The summed E-state index contributed by atoms with van der Waals surface area (Å²) >= 11 is 3.43. The number of hydrogen-bond acceptors (Lipinski definition) is 3. The van der Waals surface area contributed by atoms with Crippen LogP contribution < -0.4 is 10.2 Å². The lowest BCUT2D eigenvalue weighted by molar-refractivity contribution is -0.120. The number of benzene rings is 3. The molecular weight excluding hydrogens is 404 g/mol. The number of hydrogen-bond donors (Lipinski definition) is 1. The molecule has 3 aromatic rings. The van der Waals surface area contributed by atoms with Crippen molar-refractivity contribution in [1.82, 2.24) is 5.43 Å². The van der Waals surface area contributed by atoms with Crippen molar-refractivity contribution in [3.05, 3.63) is 88.9 Å². The smallest absolute Gasteiger partial charge is 0.244 e. The number of hydrazone groups is 1. The topological polar surface area (TPSA) is 50.7 Å². The lowest BCUT2D eigenvalue weighted by atomic mass is 10.0. The number of amides is 1. The van der Waals surface area contributed by atoms with E-state index in [0.29, 0.717) is 12.4 Å². The fraction of sp³-hybridized carbons (Fsp3) is 0.0909. The third-order valence-electron chi connectivity index (χ3n) is 3.95. The predicted molar refractivity (Wildman–Crippen MR) is 113 cm³/mol. The molecule has 1 N–H and O–H groups in total. The Labute approximate surface area is 166 Å². The Kier molecular flexibility index (Phi) is 6.39. The predicted octanol–water partition coefficient (Wildman–Crippen LogP) is 4.86. The summed E-state index contributed by atoms with van der Waals surface area (Å²) in [4.78, 5) is 12.3. The average molecular weight is 423 g/mol. The highest BCUT2D eigenvalue weighted by atomic mass is 79.9. The van der Waals surface area contributed by atoms with Crippen molar-refractivity contribution in [2.45, 2.75) is 6.42 Å². The highest BCUT2D eigenvalue weighted by molar-refractivity contribution is 9.10. The third kappa shape index (κ3) is 5.05. The Morgan fingerprint density at radius 1 is 1.15 bits per heavy atom. The molecule has 0 radical (unpaired) electrons. The zero-order chi connectivity index (χ0) is 19.1. The van der Waals surface area contributed by atoms with Crippen molar-refractivity contribution < 1.29 is 9.53 Å². The molecule has 0 heterocycles. The first-order chi connectivity index (χ1) is 13.2. The fourth-order valence-electron chi connectivity index (χ4n) is 2.73. The van der Waals surface area contributed by atoms with Gasteiger partial charge in [-0.1, -0.05) is 71.0 Å². The number of carbonyl (C=O) groups is 1. The zero-order valence-corrected chi connectivity index (χ0v) is 16.3. The molecule has 3 aromatic carbocycles. The Balaban J connectivity index is 1.68. The molecule has 0 saturated heterocycles. The molecule has 5 heteroatoms. The number of nitrogens with one attached hydrogen (secondary N) is 1. The van der Waals surface area contributed by atoms with E-state index in [-0.39, 0.29) is 12.3 Å². The molecule has 0 aliphatic carbocycles. The number of ether oxygens (including phenoxy) is 1. The van der Waals surface area contributed by atoms with Crippen LogP contribution in [0.2, 0.25) is 0 Å². The molecule has 1 amide bonds. The van der Waals surface area contributed by atoms with Crippen LogP contribution in [0.5, 0.6) is 5.75 Å². The molecule has 0 saturated carbocycles. The van der Waals surface area contributed by atoms with Crippen LogP contribution in [0.25, 0.3) is 10.8 Å². The minimum Gasteiger partial charge on any atom is -0.489 e. The van der Waals surface area contributed by atoms with Crippen molar-refractivity contribution in [1.29, 1.82) is 0 Å². The zero-order valence-electron chi connectivity index (χ0n) is 14.7. The summed E-state index contributed by atoms with van der Waals surface area (Å²) in [6.07, 6.45) is 3.51. The minimum atomic E-state index is -0.175. The van der Waals surface area contributed by atoms with Gasteiger partial charge < -0.3 is 4.74 Å². The van der Waals surface area contributed by atoms with Gasteiger partial charge in [-0.3, -0.25) is 4.79 Å². The largest absolute Gasteiger partial charge is 0.489 e. The molecule has 0 unspecified atom stereocenters. The van der Waals surface area contributed by atoms with Crippen LogP contribution in [-0.4, -0.2) is 18.7 Å². The second kappa shape index (κ2) is 9.14. The molecule has 0 bridgehead atoms. The molecule has 0 atom stereocenters. The Bertz CT molecular complexity index is 993. The first-order valence-corrected chi connectivity index (χ1v) is 9.28. The summed E-state index contributed by atoms with van der Waals surface area (Å²) in [5.41, 5.74) is 4.32. The van der Waals surface area contributed by atoms with E-state index < -0.39 is 0 Å². The Morgan fingerprint density at radius 3 is 2.81 bits per heavy atom. The van der Waals surface area contributed by atoms with Gasteiger partial charge in [0.15, 0.2) is 0 Å². The van der Waals surface area contributed by atoms with Crippen LogP contribution >= 0.6 is 15.9 Å². The van der Waals surface area contributed by atoms with Gasteiger partial charge in [-0.25, -0.2) is 5.43 Å². The van der Waals surface area contributed by atoms with E-state index in [9.17, 15) is 4.79 Å². The quantitative estimate of drug-likeness (QED) is 0.335. The number of fused-ring (bicyclic) bond motifs is 1. The van der Waals surface area contributed by atoms with Crippen molar-refractivity contribution in [2.24, 2.45) is 5.10 Å². The molecule has 0 aliphatic heterocycles. The van der Waals surface area contributed by atoms with Gasteiger partial charge in [0.25, 0.3) is 0 Å². The van der Waals surface area contributed by atoms with E-state index in [2.05, 4.69) is 33.0 Å². The van der Waals surface area contributed by atoms with Crippen molar-refractivity contribution in [3.63, 3.8) is 0 Å². The summed E-state index contributed by atoms with van der Waals surface area (Å²) < 4.78 is 6.50. The normalized spacial score (nSPS) is 10.9. The van der Waals surface area contributed by atoms with E-state index >= 15 is 0 Å². The van der Waals surface area contributed by atoms with Crippen LogP contribution in [0.4, 0.5) is 0 Å². The lowest BCUT2D eigenvalue weighted by Crippen LogP contribution is -2.20. The van der Waals surface area contributed by atoms with Gasteiger partial charge >= 0.3 is 0 Å². The summed E-state index contributed by atoms with van der Waals surface area (Å²) in [5.74, 6) is 0.497. The monoisotopic (exact) mass is 422 g/mol. The fourth-order valence-corrected chi connectivity index (χ4v) is 3.11. The van der Waals surface area contributed by atoms with E-state index in [1.165, 1.54) is 0 Å². The highest BCUT2D eigenvalue weighted by Gasteiger charge is 2.06. The molecule has 0 aliphatic rings. The van der Waals surface area contributed by atoms with Gasteiger partial charge in [0.1, 0.15) is 12.4 Å². The third-order valence-corrected chi connectivity index (χ3v) is 4.45. The summed E-state index contributed by atoms with van der Waals surface area (Å²) in [7, 11) is 0. The van der Waals surface area contributed by atoms with Crippen molar-refractivity contribution >= 4 is 38.8 Å². The van der Waals surface area contributed by atoms with Gasteiger partial charge in [-0.15, -0.1) is 0 Å². The summed E-state index contributed by atoms with van der Waals surface area (Å²) in [6.45, 7) is 4.04. The van der Waals surface area contributed by atoms with Crippen molar-refractivity contribution in [3.8, 4) is 5.75 Å². The maximum absolute atomic E-state index is 12.3. The van der Waals surface area contributed by atoms with Crippen LogP contribution in [0.15, 0.2) is 82.9 Å². The highest BCUT2D eigenvalue weighted by Crippen LogP contribution is 2.22. The van der Waals surface area contributed by atoms with E-state index in [1.807, 2.05) is 60.7 Å². The lowest BCUT2D eigenvalue weighted by Gasteiger charge is -2.08. The van der Waals surface area contributed by atoms with E-state index in [4.69, 9.17) is 4.74 Å². The minimum absolute atomic E-state index is 0.175.